The zero-order chi connectivity index (χ0) is 16.8. The second kappa shape index (κ2) is 8.20. The van der Waals surface area contributed by atoms with Gasteiger partial charge in [-0.25, -0.2) is 0 Å². The largest absolute Gasteiger partial charge is 0.494 e. The monoisotopic (exact) mass is 339 g/mol. The number of aliphatic carboxylic acids is 1. The fourth-order valence-electron chi connectivity index (χ4n) is 2.68. The standard InChI is InChI=1S/C17H22ClNO4/c1-12-10-14(6-7-15(12)18)23-9-3-5-16(20)19-8-2-4-13(11-19)17(21)22/h6-7,10,13H,2-5,8-9,11H2,1H3,(H,21,22). The van der Waals surface area contributed by atoms with Crippen LogP contribution in [0, 0.1) is 12.8 Å². The Morgan fingerprint density at radius 2 is 2.22 bits per heavy atom. The van der Waals surface area contributed by atoms with E-state index in [0.717, 1.165) is 17.7 Å². The molecule has 1 amide bonds. The van der Waals surface area contributed by atoms with Crippen molar-refractivity contribution in [2.24, 2.45) is 5.92 Å². The van der Waals surface area contributed by atoms with Gasteiger partial charge in [-0.05, 0) is 49.9 Å². The number of nitrogens with zero attached hydrogens (tertiary/aromatic N) is 1. The van der Waals surface area contributed by atoms with Gasteiger partial charge in [0.2, 0.25) is 5.91 Å². The van der Waals surface area contributed by atoms with Gasteiger partial charge in [0.05, 0.1) is 12.5 Å². The molecule has 1 aliphatic rings. The molecular formula is C17H22ClNO4. The smallest absolute Gasteiger partial charge is 0.308 e. The van der Waals surface area contributed by atoms with E-state index in [4.69, 9.17) is 21.4 Å². The van der Waals surface area contributed by atoms with E-state index in [-0.39, 0.29) is 5.91 Å². The Morgan fingerprint density at radius 1 is 1.43 bits per heavy atom. The first-order valence-corrected chi connectivity index (χ1v) is 8.24. The molecule has 1 aromatic carbocycles. The van der Waals surface area contributed by atoms with Crippen molar-refractivity contribution in [1.29, 1.82) is 0 Å². The molecule has 1 unspecified atom stereocenters. The van der Waals surface area contributed by atoms with Gasteiger partial charge in [0.15, 0.2) is 0 Å². The number of carboxylic acid groups (broad SMARTS) is 1. The van der Waals surface area contributed by atoms with Gasteiger partial charge in [-0.15, -0.1) is 0 Å². The van der Waals surface area contributed by atoms with E-state index < -0.39 is 11.9 Å². The third-order valence-corrected chi connectivity index (χ3v) is 4.48. The first-order chi connectivity index (χ1) is 11.0. The Morgan fingerprint density at radius 3 is 2.91 bits per heavy atom. The highest BCUT2D eigenvalue weighted by molar-refractivity contribution is 6.31. The normalized spacial score (nSPS) is 17.8. The first kappa shape index (κ1) is 17.6. The van der Waals surface area contributed by atoms with E-state index in [1.807, 2.05) is 13.0 Å². The van der Waals surface area contributed by atoms with E-state index in [1.165, 1.54) is 0 Å². The van der Waals surface area contributed by atoms with Crippen molar-refractivity contribution in [3.63, 3.8) is 0 Å². The van der Waals surface area contributed by atoms with Crippen LogP contribution in [-0.2, 0) is 9.59 Å². The molecule has 0 saturated carbocycles. The summed E-state index contributed by atoms with van der Waals surface area (Å²) in [5, 5.41) is 9.75. The minimum absolute atomic E-state index is 0.00633. The second-order valence-corrected chi connectivity index (χ2v) is 6.29. The Labute approximate surface area is 141 Å². The lowest BCUT2D eigenvalue weighted by atomic mass is 9.98. The number of carboxylic acids is 1. The summed E-state index contributed by atoms with van der Waals surface area (Å²) in [6, 6.07) is 5.46. The van der Waals surface area contributed by atoms with Crippen LogP contribution in [0.4, 0.5) is 0 Å². The molecule has 1 heterocycles. The van der Waals surface area contributed by atoms with Crippen LogP contribution in [0.25, 0.3) is 0 Å². The number of rotatable bonds is 6. The molecule has 0 spiro atoms. The van der Waals surface area contributed by atoms with Crippen molar-refractivity contribution >= 4 is 23.5 Å². The predicted molar refractivity (Wildman–Crippen MR) is 87.9 cm³/mol. The summed E-state index contributed by atoms with van der Waals surface area (Å²) in [6.45, 7) is 3.34. The molecule has 5 nitrogen and oxygen atoms in total. The number of carbonyl (C=O) groups is 2. The quantitative estimate of drug-likeness (QED) is 0.808. The van der Waals surface area contributed by atoms with E-state index in [2.05, 4.69) is 0 Å². The van der Waals surface area contributed by atoms with Crippen molar-refractivity contribution in [3.05, 3.63) is 28.8 Å². The molecule has 2 rings (SSSR count). The second-order valence-electron chi connectivity index (χ2n) is 5.88. The number of amides is 1. The SMILES string of the molecule is Cc1cc(OCCCC(=O)N2CCCC(C(=O)O)C2)ccc1Cl. The molecule has 1 atom stereocenters. The van der Waals surface area contributed by atoms with Crippen molar-refractivity contribution in [1.82, 2.24) is 4.90 Å². The Bertz CT molecular complexity index is 576. The van der Waals surface area contributed by atoms with Crippen LogP contribution in [0.15, 0.2) is 18.2 Å². The number of hydrogen-bond acceptors (Lipinski definition) is 3. The predicted octanol–water partition coefficient (Wildman–Crippen LogP) is 3.13. The Balaban J connectivity index is 1.72. The molecule has 1 saturated heterocycles. The summed E-state index contributed by atoms with van der Waals surface area (Å²) in [4.78, 5) is 24.8. The van der Waals surface area contributed by atoms with Crippen molar-refractivity contribution in [2.75, 3.05) is 19.7 Å². The van der Waals surface area contributed by atoms with Crippen LogP contribution in [0.1, 0.15) is 31.2 Å². The lowest BCUT2D eigenvalue weighted by molar-refractivity contribution is -0.145. The highest BCUT2D eigenvalue weighted by Gasteiger charge is 2.27. The Kier molecular flexibility index (Phi) is 6.28. The van der Waals surface area contributed by atoms with Crippen LogP contribution in [0.5, 0.6) is 5.75 Å². The molecule has 1 N–H and O–H groups in total. The molecule has 1 aliphatic heterocycles. The van der Waals surface area contributed by atoms with Gasteiger partial charge in [-0.3, -0.25) is 9.59 Å². The van der Waals surface area contributed by atoms with Crippen molar-refractivity contribution in [3.8, 4) is 5.75 Å². The number of halogens is 1. The minimum atomic E-state index is -0.816. The molecule has 0 bridgehead atoms. The maximum absolute atomic E-state index is 12.1. The molecule has 1 aromatic rings. The van der Waals surface area contributed by atoms with Crippen LogP contribution < -0.4 is 4.74 Å². The zero-order valence-electron chi connectivity index (χ0n) is 13.3. The van der Waals surface area contributed by atoms with Crippen LogP contribution in [-0.4, -0.2) is 41.6 Å². The molecular weight excluding hydrogens is 318 g/mol. The maximum Gasteiger partial charge on any atom is 0.308 e. The van der Waals surface area contributed by atoms with Gasteiger partial charge in [0.1, 0.15) is 5.75 Å². The molecule has 6 heteroatoms. The van der Waals surface area contributed by atoms with Gasteiger partial charge in [0.25, 0.3) is 0 Å². The van der Waals surface area contributed by atoms with E-state index >= 15 is 0 Å². The number of carbonyl (C=O) groups excluding carboxylic acids is 1. The fraction of sp³-hybridized carbons (Fsp3) is 0.529. The van der Waals surface area contributed by atoms with E-state index in [1.54, 1.807) is 17.0 Å². The summed E-state index contributed by atoms with van der Waals surface area (Å²) in [5.74, 6) is -0.500. The molecule has 0 aliphatic carbocycles. The molecule has 23 heavy (non-hydrogen) atoms. The zero-order valence-corrected chi connectivity index (χ0v) is 14.0. The van der Waals surface area contributed by atoms with Crippen molar-refractivity contribution in [2.45, 2.75) is 32.6 Å². The number of benzene rings is 1. The summed E-state index contributed by atoms with van der Waals surface area (Å²) >= 11 is 5.96. The summed E-state index contributed by atoms with van der Waals surface area (Å²) in [7, 11) is 0. The van der Waals surface area contributed by atoms with Gasteiger partial charge >= 0.3 is 5.97 Å². The van der Waals surface area contributed by atoms with E-state index in [9.17, 15) is 9.59 Å². The minimum Gasteiger partial charge on any atom is -0.494 e. The number of aryl methyl sites for hydroxylation is 1. The molecule has 1 fully saturated rings. The third kappa shape index (κ3) is 5.13. The molecule has 126 valence electrons. The number of piperidine rings is 1. The van der Waals surface area contributed by atoms with Crippen LogP contribution in [0.2, 0.25) is 5.02 Å². The highest BCUT2D eigenvalue weighted by Crippen LogP contribution is 2.21. The lowest BCUT2D eigenvalue weighted by Crippen LogP contribution is -2.42. The summed E-state index contributed by atoms with van der Waals surface area (Å²) in [6.07, 6.45) is 2.38. The highest BCUT2D eigenvalue weighted by atomic mass is 35.5. The third-order valence-electron chi connectivity index (χ3n) is 4.06. The Hall–Kier alpha value is -1.75. The number of ether oxygens (including phenoxy) is 1. The lowest BCUT2D eigenvalue weighted by Gasteiger charge is -2.30. The van der Waals surface area contributed by atoms with Gasteiger partial charge in [0, 0.05) is 24.5 Å². The topological polar surface area (TPSA) is 66.8 Å². The van der Waals surface area contributed by atoms with E-state index in [0.29, 0.717) is 44.0 Å². The molecule has 0 aromatic heterocycles. The van der Waals surface area contributed by atoms with Gasteiger partial charge in [-0.1, -0.05) is 11.6 Å². The van der Waals surface area contributed by atoms with Gasteiger partial charge < -0.3 is 14.7 Å². The number of likely N-dealkylation sites (tertiary alicyclic amines) is 1. The fourth-order valence-corrected chi connectivity index (χ4v) is 2.80. The molecule has 0 radical (unpaired) electrons. The maximum atomic E-state index is 12.1. The van der Waals surface area contributed by atoms with Crippen LogP contribution >= 0.6 is 11.6 Å². The summed E-state index contributed by atoms with van der Waals surface area (Å²) < 4.78 is 5.62. The number of hydrogen-bond donors (Lipinski definition) is 1. The average molecular weight is 340 g/mol. The van der Waals surface area contributed by atoms with Crippen molar-refractivity contribution < 1.29 is 19.4 Å². The summed E-state index contributed by atoms with van der Waals surface area (Å²) in [5.41, 5.74) is 0.952. The van der Waals surface area contributed by atoms with Gasteiger partial charge in [-0.2, -0.15) is 0 Å². The first-order valence-electron chi connectivity index (χ1n) is 7.87. The average Bonchev–Trinajstić information content (AvgIpc) is 2.54. The van der Waals surface area contributed by atoms with Crippen LogP contribution in [0.3, 0.4) is 0 Å².